The summed E-state index contributed by atoms with van der Waals surface area (Å²) in [5.41, 5.74) is 1.26. The third-order valence-corrected chi connectivity index (χ3v) is 4.18. The first-order chi connectivity index (χ1) is 10.3. The average molecular weight is 382 g/mol. The number of alkyl halides is 3. The second-order valence-electron chi connectivity index (χ2n) is 5.23. The molecule has 0 aliphatic carbocycles. The number of nitrogens with zero attached hydrogens (tertiary/aromatic N) is 2. The van der Waals surface area contributed by atoms with Gasteiger partial charge < -0.3 is 15.3 Å². The number of hydrogen-bond donors (Lipinski definition) is 2. The summed E-state index contributed by atoms with van der Waals surface area (Å²) in [5, 5.41) is 10.6. The number of aromatic nitrogens is 1. The molecule has 1 aromatic rings. The van der Waals surface area contributed by atoms with Crippen LogP contribution in [0.15, 0.2) is 22.9 Å². The van der Waals surface area contributed by atoms with Gasteiger partial charge in [0.05, 0.1) is 11.9 Å². The molecule has 2 unspecified atom stereocenters. The minimum Gasteiger partial charge on any atom is -0.475 e. The van der Waals surface area contributed by atoms with Gasteiger partial charge in [0.25, 0.3) is 0 Å². The third-order valence-electron chi connectivity index (χ3n) is 3.71. The van der Waals surface area contributed by atoms with Gasteiger partial charge in [-0.05, 0) is 39.9 Å². The normalized spacial score (nSPS) is 23.7. The van der Waals surface area contributed by atoms with Crippen molar-refractivity contribution in [3.8, 4) is 0 Å². The van der Waals surface area contributed by atoms with E-state index in [4.69, 9.17) is 9.90 Å². The predicted octanol–water partition coefficient (Wildman–Crippen LogP) is 2.13. The molecule has 0 spiro atoms. The van der Waals surface area contributed by atoms with Crippen LogP contribution in [0.2, 0.25) is 0 Å². The van der Waals surface area contributed by atoms with Gasteiger partial charge in [-0.25, -0.2) is 9.78 Å². The molecule has 2 atom stereocenters. The summed E-state index contributed by atoms with van der Waals surface area (Å²) in [5.74, 6) is -1.07. The third kappa shape index (κ3) is 4.33. The topological polar surface area (TPSA) is 65.5 Å². The van der Waals surface area contributed by atoms with Crippen molar-refractivity contribution in [2.45, 2.75) is 6.18 Å². The largest absolute Gasteiger partial charge is 0.490 e. The van der Waals surface area contributed by atoms with Gasteiger partial charge in [0, 0.05) is 26.2 Å². The summed E-state index contributed by atoms with van der Waals surface area (Å²) >= 11 is 3.36. The van der Waals surface area contributed by atoms with Gasteiger partial charge in [0.15, 0.2) is 0 Å². The number of aliphatic carboxylic acids is 1. The van der Waals surface area contributed by atoms with E-state index in [9.17, 15) is 13.2 Å². The van der Waals surface area contributed by atoms with E-state index in [-0.39, 0.29) is 0 Å². The Morgan fingerprint density at radius 3 is 2.27 bits per heavy atom. The summed E-state index contributed by atoms with van der Waals surface area (Å²) < 4.78 is 32.6. The predicted molar refractivity (Wildman–Crippen MR) is 77.7 cm³/mol. The smallest absolute Gasteiger partial charge is 0.475 e. The van der Waals surface area contributed by atoms with Crippen molar-refractivity contribution in [1.29, 1.82) is 0 Å². The lowest BCUT2D eigenvalue weighted by Gasteiger charge is -2.19. The molecule has 2 N–H and O–H groups in total. The summed E-state index contributed by atoms with van der Waals surface area (Å²) in [4.78, 5) is 15.6. The maximum absolute atomic E-state index is 10.6. The van der Waals surface area contributed by atoms with Gasteiger partial charge in [-0.3, -0.25) is 0 Å². The molecule has 3 heterocycles. The first kappa shape index (κ1) is 17.0. The number of halogens is 4. The lowest BCUT2D eigenvalue weighted by Crippen LogP contribution is -2.25. The summed E-state index contributed by atoms with van der Waals surface area (Å²) in [7, 11) is 0. The van der Waals surface area contributed by atoms with Crippen LogP contribution in [0.25, 0.3) is 0 Å². The Hall–Kier alpha value is -1.35. The number of rotatable bonds is 1. The summed E-state index contributed by atoms with van der Waals surface area (Å²) in [6.07, 6.45) is -3.13. The summed E-state index contributed by atoms with van der Waals surface area (Å²) in [6.45, 7) is 4.73. The maximum Gasteiger partial charge on any atom is 0.490 e. The molecule has 1 aromatic heterocycles. The quantitative estimate of drug-likeness (QED) is 0.729. The SMILES string of the molecule is Brc1ccc(N2CC3CNCC3C2)cn1.O=C(O)C(F)(F)F. The molecule has 122 valence electrons. The highest BCUT2D eigenvalue weighted by Crippen LogP contribution is 2.30. The van der Waals surface area contributed by atoms with Crippen molar-refractivity contribution in [1.82, 2.24) is 10.3 Å². The first-order valence-corrected chi connectivity index (χ1v) is 7.44. The van der Waals surface area contributed by atoms with E-state index in [2.05, 4.69) is 37.2 Å². The zero-order valence-corrected chi connectivity index (χ0v) is 13.1. The van der Waals surface area contributed by atoms with Crippen LogP contribution in [0.3, 0.4) is 0 Å². The van der Waals surface area contributed by atoms with Crippen LogP contribution in [0, 0.1) is 11.8 Å². The molecular formula is C13H15BrF3N3O2. The second-order valence-corrected chi connectivity index (χ2v) is 6.04. The van der Waals surface area contributed by atoms with Crippen molar-refractivity contribution < 1.29 is 23.1 Å². The van der Waals surface area contributed by atoms with Crippen LogP contribution in [0.1, 0.15) is 0 Å². The maximum atomic E-state index is 10.6. The zero-order chi connectivity index (χ0) is 16.3. The van der Waals surface area contributed by atoms with Crippen LogP contribution >= 0.6 is 15.9 Å². The molecule has 0 bridgehead atoms. The van der Waals surface area contributed by atoms with E-state index in [1.54, 1.807) is 0 Å². The Morgan fingerprint density at radius 1 is 1.32 bits per heavy atom. The molecule has 22 heavy (non-hydrogen) atoms. The fourth-order valence-electron chi connectivity index (χ4n) is 2.62. The van der Waals surface area contributed by atoms with Gasteiger partial charge in [-0.2, -0.15) is 13.2 Å². The van der Waals surface area contributed by atoms with Gasteiger partial charge in [-0.15, -0.1) is 0 Å². The van der Waals surface area contributed by atoms with E-state index in [0.717, 1.165) is 16.4 Å². The number of carboxylic acids is 1. The Labute approximate surface area is 133 Å². The van der Waals surface area contributed by atoms with Crippen LogP contribution < -0.4 is 10.2 Å². The second kappa shape index (κ2) is 6.82. The van der Waals surface area contributed by atoms with Crippen molar-refractivity contribution >= 4 is 27.6 Å². The Bertz CT molecular complexity index is 512. The molecular weight excluding hydrogens is 367 g/mol. The van der Waals surface area contributed by atoms with Crippen molar-refractivity contribution in [2.24, 2.45) is 11.8 Å². The number of anilines is 1. The Morgan fingerprint density at radius 2 is 1.86 bits per heavy atom. The minimum absolute atomic E-state index is 0.841. The molecule has 2 fully saturated rings. The highest BCUT2D eigenvalue weighted by molar-refractivity contribution is 9.10. The lowest BCUT2D eigenvalue weighted by molar-refractivity contribution is -0.192. The van der Waals surface area contributed by atoms with E-state index in [1.807, 2.05) is 12.3 Å². The van der Waals surface area contributed by atoms with E-state index in [1.165, 1.54) is 31.9 Å². The van der Waals surface area contributed by atoms with Gasteiger partial charge in [0.1, 0.15) is 4.60 Å². The average Bonchev–Trinajstić information content (AvgIpc) is 3.00. The van der Waals surface area contributed by atoms with E-state index in [0.29, 0.717) is 0 Å². The highest BCUT2D eigenvalue weighted by atomic mass is 79.9. The highest BCUT2D eigenvalue weighted by Gasteiger charge is 2.38. The molecule has 9 heteroatoms. The molecule has 0 amide bonds. The van der Waals surface area contributed by atoms with Crippen LogP contribution in [0.5, 0.6) is 0 Å². The fraction of sp³-hybridized carbons (Fsp3) is 0.538. The molecule has 0 radical (unpaired) electrons. The summed E-state index contributed by atoms with van der Waals surface area (Å²) in [6, 6.07) is 4.16. The molecule has 0 aromatic carbocycles. The first-order valence-electron chi connectivity index (χ1n) is 6.64. The van der Waals surface area contributed by atoms with Crippen LogP contribution in [0.4, 0.5) is 18.9 Å². The molecule has 2 aliphatic rings. The van der Waals surface area contributed by atoms with Crippen molar-refractivity contribution in [3.63, 3.8) is 0 Å². The van der Waals surface area contributed by atoms with E-state index >= 15 is 0 Å². The number of hydrogen-bond acceptors (Lipinski definition) is 4. The monoisotopic (exact) mass is 381 g/mol. The molecule has 0 saturated carbocycles. The minimum atomic E-state index is -5.08. The molecule has 3 rings (SSSR count). The number of carboxylic acid groups (broad SMARTS) is 1. The lowest BCUT2D eigenvalue weighted by atomic mass is 10.0. The van der Waals surface area contributed by atoms with E-state index < -0.39 is 12.1 Å². The Balaban J connectivity index is 0.000000217. The fourth-order valence-corrected chi connectivity index (χ4v) is 2.86. The molecule has 2 aliphatic heterocycles. The number of fused-ring (bicyclic) bond motifs is 1. The zero-order valence-electron chi connectivity index (χ0n) is 11.5. The van der Waals surface area contributed by atoms with Crippen molar-refractivity contribution in [2.75, 3.05) is 31.1 Å². The van der Waals surface area contributed by atoms with Gasteiger partial charge in [0.2, 0.25) is 0 Å². The molecule has 2 saturated heterocycles. The number of pyridine rings is 1. The number of carbonyl (C=O) groups is 1. The number of nitrogens with one attached hydrogen (secondary N) is 1. The standard InChI is InChI=1S/C11H14BrN3.C2HF3O2/c12-11-2-1-10(5-14-11)15-6-8-3-13-4-9(8)7-15;3-2(4,5)1(6)7/h1-2,5,8-9,13H,3-4,6-7H2;(H,6,7). The Kier molecular flexibility index (Phi) is 5.28. The van der Waals surface area contributed by atoms with Gasteiger partial charge in [-0.1, -0.05) is 0 Å². The van der Waals surface area contributed by atoms with Crippen molar-refractivity contribution in [3.05, 3.63) is 22.9 Å². The van der Waals surface area contributed by atoms with Crippen LogP contribution in [-0.4, -0.2) is 48.4 Å². The van der Waals surface area contributed by atoms with Gasteiger partial charge >= 0.3 is 12.1 Å². The molecule has 5 nitrogen and oxygen atoms in total. The van der Waals surface area contributed by atoms with Crippen LogP contribution in [-0.2, 0) is 4.79 Å².